The standard InChI is InChI=1S/C9H9ClN2O2S/c10-7-2-1-6(5-8(7)12(13)14)9-11-3-4-15-9/h1-2,5,9,11H,3-4H2. The number of nitro benzene ring substituents is 1. The van der Waals surface area contributed by atoms with Gasteiger partial charge in [-0.05, 0) is 11.6 Å². The third kappa shape index (κ3) is 2.25. The van der Waals surface area contributed by atoms with Crippen LogP contribution in [0.1, 0.15) is 10.9 Å². The van der Waals surface area contributed by atoms with E-state index in [0.717, 1.165) is 17.9 Å². The highest BCUT2D eigenvalue weighted by Gasteiger charge is 2.20. The average Bonchev–Trinajstić information content (AvgIpc) is 2.71. The van der Waals surface area contributed by atoms with Crippen LogP contribution in [0.25, 0.3) is 0 Å². The quantitative estimate of drug-likeness (QED) is 0.642. The number of nitrogens with zero attached hydrogens (tertiary/aromatic N) is 1. The molecule has 1 heterocycles. The van der Waals surface area contributed by atoms with Crippen LogP contribution in [0, 0.1) is 10.1 Å². The third-order valence-corrected chi connectivity index (χ3v) is 3.72. The van der Waals surface area contributed by atoms with Crippen molar-refractivity contribution in [3.05, 3.63) is 38.9 Å². The molecule has 1 aromatic rings. The Hall–Kier alpha value is -0.780. The molecule has 0 spiro atoms. The van der Waals surface area contributed by atoms with E-state index in [9.17, 15) is 10.1 Å². The summed E-state index contributed by atoms with van der Waals surface area (Å²) < 4.78 is 0. The first-order valence-corrected chi connectivity index (χ1v) is 5.90. The van der Waals surface area contributed by atoms with Gasteiger partial charge in [-0.2, -0.15) is 0 Å². The van der Waals surface area contributed by atoms with E-state index in [1.165, 1.54) is 0 Å². The lowest BCUT2D eigenvalue weighted by Gasteiger charge is -2.09. The zero-order valence-corrected chi connectivity index (χ0v) is 9.35. The number of hydrogen-bond donors (Lipinski definition) is 1. The molecule has 1 unspecified atom stereocenters. The minimum atomic E-state index is -0.453. The summed E-state index contributed by atoms with van der Waals surface area (Å²) in [6.07, 6.45) is 0. The van der Waals surface area contributed by atoms with E-state index in [2.05, 4.69) is 5.32 Å². The summed E-state index contributed by atoms with van der Waals surface area (Å²) in [6.45, 7) is 0.936. The van der Waals surface area contributed by atoms with Crippen molar-refractivity contribution in [1.82, 2.24) is 5.32 Å². The molecule has 1 fully saturated rings. The molecule has 1 saturated heterocycles. The van der Waals surface area contributed by atoms with Gasteiger partial charge >= 0.3 is 0 Å². The summed E-state index contributed by atoms with van der Waals surface area (Å²) in [5.74, 6) is 1.03. The van der Waals surface area contributed by atoms with Crippen LogP contribution in [-0.2, 0) is 0 Å². The summed E-state index contributed by atoms with van der Waals surface area (Å²) in [7, 11) is 0. The normalized spacial score (nSPS) is 20.5. The molecular formula is C9H9ClN2O2S. The van der Waals surface area contributed by atoms with Gasteiger partial charge in [-0.1, -0.05) is 17.7 Å². The van der Waals surface area contributed by atoms with Crippen molar-refractivity contribution < 1.29 is 4.92 Å². The van der Waals surface area contributed by atoms with Crippen molar-refractivity contribution in [3.63, 3.8) is 0 Å². The Balaban J connectivity index is 2.33. The highest BCUT2D eigenvalue weighted by atomic mass is 35.5. The number of nitrogens with one attached hydrogen (secondary N) is 1. The van der Waals surface area contributed by atoms with Gasteiger partial charge in [0.05, 0.1) is 10.3 Å². The summed E-state index contributed by atoms with van der Waals surface area (Å²) >= 11 is 7.47. The first-order chi connectivity index (χ1) is 7.18. The second-order valence-electron chi connectivity index (χ2n) is 3.17. The molecule has 0 aromatic heterocycles. The van der Waals surface area contributed by atoms with Crippen molar-refractivity contribution in [2.75, 3.05) is 12.3 Å². The van der Waals surface area contributed by atoms with Crippen LogP contribution < -0.4 is 5.32 Å². The zero-order chi connectivity index (χ0) is 10.8. The van der Waals surface area contributed by atoms with Crippen molar-refractivity contribution in [2.45, 2.75) is 5.37 Å². The van der Waals surface area contributed by atoms with Crippen LogP contribution in [-0.4, -0.2) is 17.2 Å². The second-order valence-corrected chi connectivity index (χ2v) is 4.79. The average molecular weight is 245 g/mol. The highest BCUT2D eigenvalue weighted by molar-refractivity contribution is 7.99. The second kappa shape index (κ2) is 4.38. The Kier molecular flexibility index (Phi) is 3.14. The van der Waals surface area contributed by atoms with Crippen LogP contribution in [0.4, 0.5) is 5.69 Å². The topological polar surface area (TPSA) is 55.2 Å². The molecule has 1 N–H and O–H groups in total. The summed E-state index contributed by atoms with van der Waals surface area (Å²) in [6, 6.07) is 4.94. The molecule has 6 heteroatoms. The molecule has 1 atom stereocenters. The van der Waals surface area contributed by atoms with Gasteiger partial charge < -0.3 is 5.32 Å². The minimum Gasteiger partial charge on any atom is -0.301 e. The number of hydrogen-bond acceptors (Lipinski definition) is 4. The fourth-order valence-corrected chi connectivity index (χ4v) is 2.71. The molecule has 15 heavy (non-hydrogen) atoms. The van der Waals surface area contributed by atoms with Gasteiger partial charge in [0, 0.05) is 18.4 Å². The van der Waals surface area contributed by atoms with Gasteiger partial charge in [0.15, 0.2) is 0 Å². The number of benzene rings is 1. The van der Waals surface area contributed by atoms with E-state index in [4.69, 9.17) is 11.6 Å². The Morgan fingerprint density at radius 1 is 1.60 bits per heavy atom. The Morgan fingerprint density at radius 2 is 2.40 bits per heavy atom. The van der Waals surface area contributed by atoms with E-state index in [1.54, 1.807) is 23.9 Å². The van der Waals surface area contributed by atoms with Crippen LogP contribution in [0.3, 0.4) is 0 Å². The maximum atomic E-state index is 10.7. The molecule has 4 nitrogen and oxygen atoms in total. The van der Waals surface area contributed by atoms with E-state index in [1.807, 2.05) is 6.07 Å². The number of thioether (sulfide) groups is 1. The van der Waals surface area contributed by atoms with Gasteiger partial charge in [-0.25, -0.2) is 0 Å². The van der Waals surface area contributed by atoms with Crippen molar-refractivity contribution in [3.8, 4) is 0 Å². The SMILES string of the molecule is O=[N+]([O-])c1cc(C2NCCS2)ccc1Cl. The monoisotopic (exact) mass is 244 g/mol. The fraction of sp³-hybridized carbons (Fsp3) is 0.333. The Labute approximate surface area is 96.1 Å². The lowest BCUT2D eigenvalue weighted by atomic mass is 10.2. The summed E-state index contributed by atoms with van der Waals surface area (Å²) in [5, 5.41) is 14.3. The smallest absolute Gasteiger partial charge is 0.288 e. The van der Waals surface area contributed by atoms with Gasteiger partial charge in [0.2, 0.25) is 0 Å². The predicted octanol–water partition coefficient (Wildman–Crippen LogP) is 2.58. The Morgan fingerprint density at radius 3 is 3.00 bits per heavy atom. The highest BCUT2D eigenvalue weighted by Crippen LogP contribution is 2.34. The number of halogens is 1. The lowest BCUT2D eigenvalue weighted by molar-refractivity contribution is -0.384. The first-order valence-electron chi connectivity index (χ1n) is 4.47. The third-order valence-electron chi connectivity index (χ3n) is 2.19. The van der Waals surface area contributed by atoms with E-state index in [-0.39, 0.29) is 16.1 Å². The van der Waals surface area contributed by atoms with Crippen molar-refractivity contribution in [2.24, 2.45) is 0 Å². The van der Waals surface area contributed by atoms with E-state index in [0.29, 0.717) is 0 Å². The molecule has 0 radical (unpaired) electrons. The van der Waals surface area contributed by atoms with Gasteiger partial charge in [0.25, 0.3) is 5.69 Å². The molecule has 0 saturated carbocycles. The van der Waals surface area contributed by atoms with Gasteiger partial charge in [-0.15, -0.1) is 11.8 Å². The van der Waals surface area contributed by atoms with Gasteiger partial charge in [0.1, 0.15) is 5.02 Å². The summed E-state index contributed by atoms with van der Waals surface area (Å²) in [5.41, 5.74) is 0.886. The molecule has 1 aliphatic heterocycles. The Bertz CT molecular complexity index is 394. The zero-order valence-electron chi connectivity index (χ0n) is 7.77. The maximum Gasteiger partial charge on any atom is 0.288 e. The molecule has 0 amide bonds. The van der Waals surface area contributed by atoms with E-state index >= 15 is 0 Å². The molecular weight excluding hydrogens is 236 g/mol. The maximum absolute atomic E-state index is 10.7. The molecule has 1 aromatic carbocycles. The predicted molar refractivity (Wildman–Crippen MR) is 61.3 cm³/mol. The number of rotatable bonds is 2. The van der Waals surface area contributed by atoms with E-state index < -0.39 is 4.92 Å². The molecule has 0 bridgehead atoms. The van der Waals surface area contributed by atoms with Crippen LogP contribution >= 0.6 is 23.4 Å². The minimum absolute atomic E-state index is 0.0246. The lowest BCUT2D eigenvalue weighted by Crippen LogP contribution is -2.12. The summed E-state index contributed by atoms with van der Waals surface area (Å²) in [4.78, 5) is 10.2. The molecule has 1 aliphatic rings. The fourth-order valence-electron chi connectivity index (χ4n) is 1.47. The molecule has 0 aliphatic carbocycles. The first kappa shape index (κ1) is 10.7. The molecule has 80 valence electrons. The number of nitro groups is 1. The van der Waals surface area contributed by atoms with Crippen molar-refractivity contribution in [1.29, 1.82) is 0 Å². The van der Waals surface area contributed by atoms with Crippen LogP contribution in [0.2, 0.25) is 5.02 Å². The van der Waals surface area contributed by atoms with Crippen molar-refractivity contribution >= 4 is 29.1 Å². The van der Waals surface area contributed by atoms with Crippen LogP contribution in [0.15, 0.2) is 18.2 Å². The van der Waals surface area contributed by atoms with Gasteiger partial charge in [-0.3, -0.25) is 10.1 Å². The molecule has 2 rings (SSSR count). The van der Waals surface area contributed by atoms with Crippen LogP contribution in [0.5, 0.6) is 0 Å². The largest absolute Gasteiger partial charge is 0.301 e.